The zero-order valence-corrected chi connectivity index (χ0v) is 15.6. The van der Waals surface area contributed by atoms with E-state index < -0.39 is 0 Å². The van der Waals surface area contributed by atoms with Crippen LogP contribution in [0.5, 0.6) is 0 Å². The first kappa shape index (κ1) is 18.5. The highest BCUT2D eigenvalue weighted by molar-refractivity contribution is 5.81. The Morgan fingerprint density at radius 2 is 2.00 bits per heavy atom. The van der Waals surface area contributed by atoms with Gasteiger partial charge in [0.2, 0.25) is 5.91 Å². The Hall–Kier alpha value is -1.30. The second-order valence-electron chi connectivity index (χ2n) is 7.67. The molecule has 1 saturated heterocycles. The van der Waals surface area contributed by atoms with Gasteiger partial charge in [-0.3, -0.25) is 9.79 Å². The van der Waals surface area contributed by atoms with E-state index in [2.05, 4.69) is 27.4 Å². The maximum absolute atomic E-state index is 12.5. The molecule has 0 radical (unpaired) electrons. The zero-order valence-electron chi connectivity index (χ0n) is 15.6. The second-order valence-corrected chi connectivity index (χ2v) is 7.67. The molecule has 3 aliphatic rings. The first-order valence-electron chi connectivity index (χ1n) is 10.2. The van der Waals surface area contributed by atoms with Crippen LogP contribution in [-0.4, -0.2) is 62.2 Å². The third-order valence-electron chi connectivity index (χ3n) is 5.45. The van der Waals surface area contributed by atoms with E-state index in [1.165, 1.54) is 25.7 Å². The molecule has 25 heavy (non-hydrogen) atoms. The number of amides is 1. The number of nitrogens with one attached hydrogen (secondary N) is 2. The zero-order chi connectivity index (χ0) is 17.5. The van der Waals surface area contributed by atoms with Crippen LogP contribution in [0.1, 0.15) is 51.9 Å². The van der Waals surface area contributed by atoms with Gasteiger partial charge in [0.05, 0.1) is 13.2 Å². The molecule has 2 aliphatic carbocycles. The van der Waals surface area contributed by atoms with Crippen LogP contribution in [0.15, 0.2) is 4.99 Å². The minimum atomic E-state index is 0.282. The summed E-state index contributed by atoms with van der Waals surface area (Å²) in [5.41, 5.74) is 0. The molecule has 0 aromatic rings. The number of carbonyl (C=O) groups is 1. The Kier molecular flexibility index (Phi) is 6.96. The van der Waals surface area contributed by atoms with Crippen LogP contribution in [0.2, 0.25) is 0 Å². The van der Waals surface area contributed by atoms with E-state index in [4.69, 9.17) is 4.74 Å². The Morgan fingerprint density at radius 1 is 1.20 bits per heavy atom. The van der Waals surface area contributed by atoms with Crippen molar-refractivity contribution < 1.29 is 9.53 Å². The fourth-order valence-corrected chi connectivity index (χ4v) is 3.78. The maximum atomic E-state index is 12.5. The van der Waals surface area contributed by atoms with E-state index in [9.17, 15) is 4.79 Å². The van der Waals surface area contributed by atoms with Crippen molar-refractivity contribution in [1.29, 1.82) is 0 Å². The largest absolute Gasteiger partial charge is 0.379 e. The van der Waals surface area contributed by atoms with Gasteiger partial charge >= 0.3 is 0 Å². The lowest BCUT2D eigenvalue weighted by molar-refractivity contribution is -0.134. The fraction of sp³-hybridized carbons (Fsp3) is 0.895. The topological polar surface area (TPSA) is 66.0 Å². The molecular formula is C19H34N4O2. The highest BCUT2D eigenvalue weighted by Gasteiger charge is 2.32. The predicted octanol–water partition coefficient (Wildman–Crippen LogP) is 1.76. The van der Waals surface area contributed by atoms with Crippen molar-refractivity contribution >= 4 is 11.9 Å². The molecule has 6 nitrogen and oxygen atoms in total. The lowest BCUT2D eigenvalue weighted by atomic mass is 10.1. The Morgan fingerprint density at radius 3 is 2.72 bits per heavy atom. The predicted molar refractivity (Wildman–Crippen MR) is 99.6 cm³/mol. The van der Waals surface area contributed by atoms with Crippen molar-refractivity contribution in [2.75, 3.05) is 39.4 Å². The van der Waals surface area contributed by atoms with Crippen molar-refractivity contribution in [3.8, 4) is 0 Å². The third-order valence-corrected chi connectivity index (χ3v) is 5.45. The second kappa shape index (κ2) is 9.41. The van der Waals surface area contributed by atoms with Crippen molar-refractivity contribution in [3.05, 3.63) is 0 Å². The minimum Gasteiger partial charge on any atom is -0.379 e. The van der Waals surface area contributed by atoms with E-state index in [0.29, 0.717) is 25.1 Å². The lowest BCUT2D eigenvalue weighted by Crippen LogP contribution is -2.45. The van der Waals surface area contributed by atoms with Gasteiger partial charge in [0, 0.05) is 38.2 Å². The van der Waals surface area contributed by atoms with Gasteiger partial charge in [0.15, 0.2) is 5.96 Å². The molecule has 1 aliphatic heterocycles. The van der Waals surface area contributed by atoms with Gasteiger partial charge in [-0.25, -0.2) is 0 Å². The number of guanidine groups is 1. The van der Waals surface area contributed by atoms with E-state index in [1.807, 2.05) is 0 Å². The van der Waals surface area contributed by atoms with Gasteiger partial charge < -0.3 is 20.3 Å². The van der Waals surface area contributed by atoms with E-state index in [-0.39, 0.29) is 5.92 Å². The van der Waals surface area contributed by atoms with E-state index >= 15 is 0 Å². The molecule has 2 saturated carbocycles. The number of rotatable bonds is 8. The standard InChI is InChI=1S/C19H34N4O2/c1-2-20-19(21-10-12-25-14-15-7-8-15)22-17-9-11-23(13-17)18(24)16-5-3-4-6-16/h15-17H,2-14H2,1H3,(H2,20,21,22). The Bertz CT molecular complexity index is 458. The van der Waals surface area contributed by atoms with Crippen LogP contribution in [-0.2, 0) is 9.53 Å². The van der Waals surface area contributed by atoms with E-state index in [0.717, 1.165) is 57.4 Å². The monoisotopic (exact) mass is 350 g/mol. The summed E-state index contributed by atoms with van der Waals surface area (Å²) in [7, 11) is 0. The van der Waals surface area contributed by atoms with Gasteiger partial charge in [-0.05, 0) is 44.9 Å². The molecule has 2 N–H and O–H groups in total. The fourth-order valence-electron chi connectivity index (χ4n) is 3.78. The number of aliphatic imine (C=N–C) groups is 1. The van der Waals surface area contributed by atoms with E-state index in [1.54, 1.807) is 0 Å². The first-order chi connectivity index (χ1) is 12.3. The summed E-state index contributed by atoms with van der Waals surface area (Å²) in [6, 6.07) is 0.301. The summed E-state index contributed by atoms with van der Waals surface area (Å²) in [5.74, 6) is 2.30. The van der Waals surface area contributed by atoms with Crippen LogP contribution in [0.3, 0.4) is 0 Å². The van der Waals surface area contributed by atoms with Gasteiger partial charge in [0.1, 0.15) is 0 Å². The Balaban J connectivity index is 1.39. The van der Waals surface area contributed by atoms with Crippen molar-refractivity contribution in [1.82, 2.24) is 15.5 Å². The molecule has 0 aromatic carbocycles. The SMILES string of the molecule is CCNC(=NCCOCC1CC1)NC1CCN(C(=O)C2CCCC2)C1. The van der Waals surface area contributed by atoms with Crippen LogP contribution in [0.25, 0.3) is 0 Å². The number of hydrogen-bond donors (Lipinski definition) is 2. The maximum Gasteiger partial charge on any atom is 0.225 e. The quantitative estimate of drug-likeness (QED) is 0.398. The summed E-state index contributed by atoms with van der Waals surface area (Å²) < 4.78 is 5.65. The molecule has 1 atom stereocenters. The molecule has 1 unspecified atom stereocenters. The van der Waals surface area contributed by atoms with Crippen LogP contribution in [0, 0.1) is 11.8 Å². The molecule has 0 spiro atoms. The molecule has 1 amide bonds. The summed E-state index contributed by atoms with van der Waals surface area (Å²) in [6.07, 6.45) is 8.24. The van der Waals surface area contributed by atoms with Gasteiger partial charge in [-0.15, -0.1) is 0 Å². The lowest BCUT2D eigenvalue weighted by Gasteiger charge is -2.21. The number of carbonyl (C=O) groups excluding carboxylic acids is 1. The number of likely N-dealkylation sites (tertiary alicyclic amines) is 1. The van der Waals surface area contributed by atoms with Crippen LogP contribution >= 0.6 is 0 Å². The molecular weight excluding hydrogens is 316 g/mol. The van der Waals surface area contributed by atoms with Crippen molar-refractivity contribution in [2.45, 2.75) is 57.9 Å². The highest BCUT2D eigenvalue weighted by Crippen LogP contribution is 2.29. The molecule has 0 bridgehead atoms. The van der Waals surface area contributed by atoms with Crippen molar-refractivity contribution in [2.24, 2.45) is 16.8 Å². The molecule has 1 heterocycles. The summed E-state index contributed by atoms with van der Waals surface area (Å²) in [5, 5.41) is 6.79. The van der Waals surface area contributed by atoms with Crippen LogP contribution in [0.4, 0.5) is 0 Å². The first-order valence-corrected chi connectivity index (χ1v) is 10.2. The van der Waals surface area contributed by atoms with Crippen LogP contribution < -0.4 is 10.6 Å². The molecule has 6 heteroatoms. The molecule has 3 fully saturated rings. The summed E-state index contributed by atoms with van der Waals surface area (Å²) in [6.45, 7) is 6.84. The van der Waals surface area contributed by atoms with Gasteiger partial charge in [0.25, 0.3) is 0 Å². The highest BCUT2D eigenvalue weighted by atomic mass is 16.5. The number of hydrogen-bond acceptors (Lipinski definition) is 3. The van der Waals surface area contributed by atoms with Crippen molar-refractivity contribution in [3.63, 3.8) is 0 Å². The third kappa shape index (κ3) is 5.87. The number of ether oxygens (including phenoxy) is 1. The average molecular weight is 351 g/mol. The minimum absolute atomic E-state index is 0.282. The molecule has 0 aromatic heterocycles. The van der Waals surface area contributed by atoms with Gasteiger partial charge in [-0.2, -0.15) is 0 Å². The summed E-state index contributed by atoms with van der Waals surface area (Å²) in [4.78, 5) is 19.2. The summed E-state index contributed by atoms with van der Waals surface area (Å²) >= 11 is 0. The number of nitrogens with zero attached hydrogens (tertiary/aromatic N) is 2. The molecule has 142 valence electrons. The normalized spacial score (nSPS) is 24.8. The van der Waals surface area contributed by atoms with Gasteiger partial charge in [-0.1, -0.05) is 12.8 Å². The average Bonchev–Trinajstić information content (AvgIpc) is 3.10. The smallest absolute Gasteiger partial charge is 0.225 e. The Labute approximate surface area is 151 Å². The molecule has 3 rings (SSSR count).